The first kappa shape index (κ1) is 27.2. The summed E-state index contributed by atoms with van der Waals surface area (Å²) < 4.78 is 18.5. The van der Waals surface area contributed by atoms with Crippen LogP contribution in [0.3, 0.4) is 0 Å². The van der Waals surface area contributed by atoms with Crippen molar-refractivity contribution in [1.29, 1.82) is 0 Å². The summed E-state index contributed by atoms with van der Waals surface area (Å²) in [6.45, 7) is 7.26. The molecule has 0 amide bonds. The van der Waals surface area contributed by atoms with E-state index in [1.807, 2.05) is 0 Å². The molecular weight excluding hydrogens is 406 g/mol. The third kappa shape index (κ3) is 10.7. The van der Waals surface area contributed by atoms with Gasteiger partial charge in [0, 0.05) is 11.1 Å². The van der Waals surface area contributed by atoms with E-state index in [1.54, 1.807) is 0 Å². The summed E-state index contributed by atoms with van der Waals surface area (Å²) in [7, 11) is 0. The number of rotatable bonds is 13. The minimum atomic E-state index is -2.12. The van der Waals surface area contributed by atoms with Gasteiger partial charge in [-0.25, -0.2) is 14.4 Å². The van der Waals surface area contributed by atoms with Gasteiger partial charge >= 0.3 is 23.9 Å². The summed E-state index contributed by atoms with van der Waals surface area (Å²) in [6.07, 6.45) is -4.88. The van der Waals surface area contributed by atoms with Gasteiger partial charge in [-0.1, -0.05) is 13.2 Å². The van der Waals surface area contributed by atoms with Gasteiger partial charge in [0.2, 0.25) is 0 Å². The number of aliphatic hydroxyl groups excluding tert-OH is 3. The van der Waals surface area contributed by atoms with Crippen molar-refractivity contribution in [2.24, 2.45) is 5.73 Å². The van der Waals surface area contributed by atoms with E-state index in [-0.39, 0.29) is 11.1 Å². The minimum Gasteiger partial charge on any atom is -0.462 e. The summed E-state index contributed by atoms with van der Waals surface area (Å²) >= 11 is 0. The highest BCUT2D eigenvalue weighted by atomic mass is 16.6. The molecule has 5 N–H and O–H groups in total. The Bertz CT molecular complexity index is 605. The summed E-state index contributed by atoms with van der Waals surface area (Å²) in [5.74, 6) is -4.06. The van der Waals surface area contributed by atoms with Crippen LogP contribution in [0.1, 0.15) is 13.8 Å². The van der Waals surface area contributed by atoms with E-state index < -0.39 is 74.7 Å². The largest absolute Gasteiger partial charge is 0.462 e. The van der Waals surface area contributed by atoms with Gasteiger partial charge < -0.3 is 40.0 Å². The minimum absolute atomic E-state index is 0.109. The van der Waals surface area contributed by atoms with E-state index in [9.17, 15) is 34.5 Å². The van der Waals surface area contributed by atoms with Gasteiger partial charge in [0.05, 0.1) is 0 Å². The number of hydrogen-bond acceptors (Lipinski definition) is 12. The van der Waals surface area contributed by atoms with Crippen molar-refractivity contribution in [2.45, 2.75) is 38.2 Å². The molecule has 12 heteroatoms. The Morgan fingerprint density at radius 1 is 0.733 bits per heavy atom. The molecule has 0 saturated heterocycles. The van der Waals surface area contributed by atoms with Gasteiger partial charge in [-0.15, -0.1) is 0 Å². The molecule has 0 saturated carbocycles. The van der Waals surface area contributed by atoms with Crippen LogP contribution in [0.5, 0.6) is 0 Å². The van der Waals surface area contributed by atoms with Gasteiger partial charge in [0.25, 0.3) is 0 Å². The number of carbonyl (C=O) groups excluding carboxylic acids is 4. The SMILES string of the molecule is C=C(C)C(=O)OCC(O)COC(=O)C(N)C(O)C(=O)OCC(O)COC(=O)C(=C)C. The summed E-state index contributed by atoms with van der Waals surface area (Å²) in [5.41, 5.74) is 5.62. The lowest BCUT2D eigenvalue weighted by Gasteiger charge is -2.19. The van der Waals surface area contributed by atoms with Gasteiger partial charge in [-0.05, 0) is 13.8 Å². The smallest absolute Gasteiger partial charge is 0.337 e. The highest BCUT2D eigenvalue weighted by molar-refractivity contribution is 5.87. The van der Waals surface area contributed by atoms with Crippen LogP contribution in [0.15, 0.2) is 24.3 Å². The number of esters is 4. The molecule has 4 unspecified atom stereocenters. The van der Waals surface area contributed by atoms with Crippen molar-refractivity contribution in [2.75, 3.05) is 26.4 Å². The van der Waals surface area contributed by atoms with Crippen LogP contribution in [0, 0.1) is 0 Å². The van der Waals surface area contributed by atoms with E-state index in [0.29, 0.717) is 0 Å². The zero-order valence-corrected chi connectivity index (χ0v) is 16.7. The molecule has 0 bridgehead atoms. The highest BCUT2D eigenvalue weighted by Gasteiger charge is 2.32. The Balaban J connectivity index is 4.31. The van der Waals surface area contributed by atoms with Crippen LogP contribution in [-0.4, -0.2) is 90.0 Å². The van der Waals surface area contributed by atoms with Crippen LogP contribution < -0.4 is 5.73 Å². The Labute approximate surface area is 172 Å². The Morgan fingerprint density at radius 3 is 1.43 bits per heavy atom. The van der Waals surface area contributed by atoms with E-state index in [2.05, 4.69) is 32.1 Å². The Kier molecular flexibility index (Phi) is 12.2. The number of nitrogens with two attached hydrogens (primary N) is 1. The molecule has 0 fully saturated rings. The van der Waals surface area contributed by atoms with Gasteiger partial charge in [0.15, 0.2) is 6.10 Å². The molecule has 0 heterocycles. The maximum atomic E-state index is 11.8. The van der Waals surface area contributed by atoms with Gasteiger partial charge in [-0.3, -0.25) is 4.79 Å². The molecule has 0 aliphatic rings. The molecule has 0 aromatic carbocycles. The third-order valence-electron chi connectivity index (χ3n) is 3.20. The number of aliphatic hydroxyl groups is 3. The van der Waals surface area contributed by atoms with Crippen LogP contribution in [0.4, 0.5) is 0 Å². The molecule has 0 aromatic heterocycles. The second-order valence-corrected chi connectivity index (χ2v) is 6.30. The molecule has 0 aromatic rings. The number of hydrogen-bond donors (Lipinski definition) is 4. The van der Waals surface area contributed by atoms with E-state index in [4.69, 9.17) is 5.73 Å². The fourth-order valence-corrected chi connectivity index (χ4v) is 1.50. The van der Waals surface area contributed by atoms with Gasteiger partial charge in [0.1, 0.15) is 44.7 Å². The average molecular weight is 433 g/mol. The first-order valence-electron chi connectivity index (χ1n) is 8.65. The quantitative estimate of drug-likeness (QED) is 0.138. The van der Waals surface area contributed by atoms with E-state index >= 15 is 0 Å². The van der Waals surface area contributed by atoms with Crippen molar-refractivity contribution >= 4 is 23.9 Å². The molecule has 4 atom stereocenters. The standard InChI is InChI=1S/C18H27NO11/c1-9(2)15(23)27-5-11(20)7-29-17(25)13(19)14(22)18(26)30-8-12(21)6-28-16(24)10(3)4/h11-14,20-22H,1,3,5-8,19H2,2,4H3. The van der Waals surface area contributed by atoms with Crippen molar-refractivity contribution in [3.05, 3.63) is 24.3 Å². The number of ether oxygens (including phenoxy) is 4. The second kappa shape index (κ2) is 13.4. The molecule has 0 rings (SSSR count). The first-order chi connectivity index (χ1) is 13.9. The van der Waals surface area contributed by atoms with Crippen molar-refractivity contribution in [3.8, 4) is 0 Å². The molecule has 0 spiro atoms. The van der Waals surface area contributed by atoms with Crippen molar-refractivity contribution in [3.63, 3.8) is 0 Å². The average Bonchev–Trinajstić information content (AvgIpc) is 2.70. The van der Waals surface area contributed by atoms with E-state index in [0.717, 1.165) is 0 Å². The molecule has 12 nitrogen and oxygen atoms in total. The lowest BCUT2D eigenvalue weighted by molar-refractivity contribution is -0.166. The zero-order chi connectivity index (χ0) is 23.4. The molecule has 0 aliphatic heterocycles. The summed E-state index contributed by atoms with van der Waals surface area (Å²) in [6, 6.07) is -1.85. The lowest BCUT2D eigenvalue weighted by Crippen LogP contribution is -2.48. The maximum absolute atomic E-state index is 11.8. The molecule has 30 heavy (non-hydrogen) atoms. The highest BCUT2D eigenvalue weighted by Crippen LogP contribution is 2.02. The summed E-state index contributed by atoms with van der Waals surface area (Å²) in [4.78, 5) is 45.8. The third-order valence-corrected chi connectivity index (χ3v) is 3.20. The van der Waals surface area contributed by atoms with Crippen molar-refractivity contribution in [1.82, 2.24) is 0 Å². The monoisotopic (exact) mass is 433 g/mol. The molecule has 0 radical (unpaired) electrons. The molecule has 170 valence electrons. The zero-order valence-electron chi connectivity index (χ0n) is 16.7. The van der Waals surface area contributed by atoms with Crippen molar-refractivity contribution < 1.29 is 53.4 Å². The fourth-order valence-electron chi connectivity index (χ4n) is 1.50. The predicted octanol–water partition coefficient (Wildman–Crippen LogP) is -2.28. The van der Waals surface area contributed by atoms with Crippen LogP contribution >= 0.6 is 0 Å². The van der Waals surface area contributed by atoms with Crippen LogP contribution in [0.25, 0.3) is 0 Å². The maximum Gasteiger partial charge on any atom is 0.337 e. The Morgan fingerprint density at radius 2 is 1.07 bits per heavy atom. The second-order valence-electron chi connectivity index (χ2n) is 6.30. The topological polar surface area (TPSA) is 192 Å². The lowest BCUT2D eigenvalue weighted by atomic mass is 10.2. The Hall–Kier alpha value is -2.80. The van der Waals surface area contributed by atoms with Gasteiger partial charge in [-0.2, -0.15) is 0 Å². The normalized spacial score (nSPS) is 14.5. The molecular formula is C18H27NO11. The number of carbonyl (C=O) groups is 4. The summed E-state index contributed by atoms with van der Waals surface area (Å²) in [5, 5.41) is 28.9. The first-order valence-corrected chi connectivity index (χ1v) is 8.65. The molecule has 0 aliphatic carbocycles. The predicted molar refractivity (Wildman–Crippen MR) is 99.5 cm³/mol. The van der Waals surface area contributed by atoms with E-state index in [1.165, 1.54) is 13.8 Å². The van der Waals surface area contributed by atoms with Crippen LogP contribution in [0.2, 0.25) is 0 Å². The van der Waals surface area contributed by atoms with Crippen LogP contribution in [-0.2, 0) is 38.1 Å². The fraction of sp³-hybridized carbons (Fsp3) is 0.556.